The third kappa shape index (κ3) is 3.30. The minimum absolute atomic E-state index is 0.0247. The lowest BCUT2D eigenvalue weighted by Crippen LogP contribution is -2.44. The van der Waals surface area contributed by atoms with Gasteiger partial charge in [-0.1, -0.05) is 0 Å². The second kappa shape index (κ2) is 4.55. The lowest BCUT2D eigenvalue weighted by atomic mass is 10.0. The molecule has 0 spiro atoms. The van der Waals surface area contributed by atoms with Crippen LogP contribution in [0.1, 0.15) is 6.42 Å². The Bertz CT molecular complexity index is 177. The number of hydrogen-bond donors (Lipinski definition) is 2. The van der Waals surface area contributed by atoms with Crippen LogP contribution in [-0.4, -0.2) is 50.1 Å². The van der Waals surface area contributed by atoms with Crippen molar-refractivity contribution in [1.29, 1.82) is 0 Å². The Balaban J connectivity index is 2.21. The van der Waals surface area contributed by atoms with Gasteiger partial charge in [0.05, 0.1) is 6.61 Å². The van der Waals surface area contributed by atoms with Gasteiger partial charge < -0.3 is 19.9 Å². The maximum Gasteiger partial charge on any atom is 0.246 e. The molecule has 1 fully saturated rings. The highest BCUT2D eigenvalue weighted by Gasteiger charge is 2.32. The highest BCUT2D eigenvalue weighted by molar-refractivity contribution is 5.77. The van der Waals surface area contributed by atoms with Gasteiger partial charge >= 0.3 is 0 Å². The van der Waals surface area contributed by atoms with Crippen molar-refractivity contribution in [3.8, 4) is 0 Å². The van der Waals surface area contributed by atoms with Crippen molar-refractivity contribution in [3.63, 3.8) is 0 Å². The standard InChI is InChI=1S/C8H15NO4/c1-12-4-7(10)9-5-8(11)2-3-13-6-8/h11H,2-6H2,1H3,(H,9,10). The Hall–Kier alpha value is -0.650. The summed E-state index contributed by atoms with van der Waals surface area (Å²) in [5, 5.41) is 12.3. The zero-order valence-corrected chi connectivity index (χ0v) is 7.71. The highest BCUT2D eigenvalue weighted by Crippen LogP contribution is 2.16. The zero-order chi connectivity index (χ0) is 9.73. The van der Waals surface area contributed by atoms with Crippen LogP contribution in [-0.2, 0) is 14.3 Å². The van der Waals surface area contributed by atoms with Gasteiger partial charge in [0.2, 0.25) is 5.91 Å². The number of hydrogen-bond acceptors (Lipinski definition) is 4. The van der Waals surface area contributed by atoms with Gasteiger partial charge in [0, 0.05) is 26.7 Å². The van der Waals surface area contributed by atoms with Crippen molar-refractivity contribution in [2.45, 2.75) is 12.0 Å². The zero-order valence-electron chi connectivity index (χ0n) is 7.71. The number of amides is 1. The summed E-state index contributed by atoms with van der Waals surface area (Å²) in [7, 11) is 1.45. The van der Waals surface area contributed by atoms with Crippen LogP contribution < -0.4 is 5.32 Å². The third-order valence-corrected chi connectivity index (χ3v) is 1.97. The molecule has 1 saturated heterocycles. The lowest BCUT2D eigenvalue weighted by molar-refractivity contribution is -0.126. The summed E-state index contributed by atoms with van der Waals surface area (Å²) in [4.78, 5) is 11.0. The van der Waals surface area contributed by atoms with Crippen LogP contribution in [0.3, 0.4) is 0 Å². The van der Waals surface area contributed by atoms with E-state index < -0.39 is 5.60 Å². The molecule has 5 nitrogen and oxygen atoms in total. The van der Waals surface area contributed by atoms with Gasteiger partial charge in [0.25, 0.3) is 0 Å². The van der Waals surface area contributed by atoms with Crippen molar-refractivity contribution >= 4 is 5.91 Å². The molecule has 1 rings (SSSR count). The molecule has 1 amide bonds. The van der Waals surface area contributed by atoms with Crippen LogP contribution in [0, 0.1) is 0 Å². The van der Waals surface area contributed by atoms with Gasteiger partial charge in [-0.15, -0.1) is 0 Å². The molecule has 76 valence electrons. The summed E-state index contributed by atoms with van der Waals surface area (Å²) in [5.74, 6) is -0.220. The summed E-state index contributed by atoms with van der Waals surface area (Å²) in [5.41, 5.74) is -0.886. The van der Waals surface area contributed by atoms with E-state index in [1.807, 2.05) is 0 Å². The fourth-order valence-corrected chi connectivity index (χ4v) is 1.18. The number of rotatable bonds is 4. The van der Waals surface area contributed by atoms with Crippen molar-refractivity contribution in [2.24, 2.45) is 0 Å². The molecule has 1 heterocycles. The average Bonchev–Trinajstić information content (AvgIpc) is 2.51. The molecule has 0 saturated carbocycles. The molecule has 0 bridgehead atoms. The Labute approximate surface area is 77.0 Å². The largest absolute Gasteiger partial charge is 0.386 e. The molecule has 1 aliphatic rings. The van der Waals surface area contributed by atoms with E-state index in [0.717, 1.165) is 0 Å². The van der Waals surface area contributed by atoms with Crippen molar-refractivity contribution < 1.29 is 19.4 Å². The Morgan fingerprint density at radius 2 is 2.54 bits per heavy atom. The Morgan fingerprint density at radius 1 is 1.77 bits per heavy atom. The monoisotopic (exact) mass is 189 g/mol. The van der Waals surface area contributed by atoms with Crippen molar-refractivity contribution in [1.82, 2.24) is 5.32 Å². The van der Waals surface area contributed by atoms with Crippen LogP contribution >= 0.6 is 0 Å². The molecule has 1 aliphatic heterocycles. The second-order valence-corrected chi connectivity index (χ2v) is 3.24. The average molecular weight is 189 g/mol. The predicted octanol–water partition coefficient (Wildman–Crippen LogP) is -1.10. The van der Waals surface area contributed by atoms with E-state index in [9.17, 15) is 9.90 Å². The lowest BCUT2D eigenvalue weighted by Gasteiger charge is -2.20. The summed E-state index contributed by atoms with van der Waals surface area (Å²) < 4.78 is 9.65. The fraction of sp³-hybridized carbons (Fsp3) is 0.875. The molecule has 0 aromatic carbocycles. The first-order valence-electron chi connectivity index (χ1n) is 4.22. The molecule has 0 aromatic rings. The number of carbonyl (C=O) groups is 1. The van der Waals surface area contributed by atoms with Crippen molar-refractivity contribution in [3.05, 3.63) is 0 Å². The van der Waals surface area contributed by atoms with Crippen LogP contribution in [0.4, 0.5) is 0 Å². The van der Waals surface area contributed by atoms with E-state index in [1.54, 1.807) is 0 Å². The maximum absolute atomic E-state index is 11.0. The number of aliphatic hydroxyl groups is 1. The first-order valence-corrected chi connectivity index (χ1v) is 4.22. The van der Waals surface area contributed by atoms with Gasteiger partial charge in [-0.05, 0) is 0 Å². The molecule has 0 aromatic heterocycles. The quantitative estimate of drug-likeness (QED) is 0.589. The molecular formula is C8H15NO4. The molecule has 5 heteroatoms. The summed E-state index contributed by atoms with van der Waals surface area (Å²) in [6, 6.07) is 0. The number of carbonyl (C=O) groups excluding carboxylic acids is 1. The predicted molar refractivity (Wildman–Crippen MR) is 45.3 cm³/mol. The van der Waals surface area contributed by atoms with Gasteiger partial charge in [0.1, 0.15) is 12.2 Å². The molecule has 1 unspecified atom stereocenters. The number of nitrogens with one attached hydrogen (secondary N) is 1. The van der Waals surface area contributed by atoms with E-state index in [0.29, 0.717) is 19.6 Å². The topological polar surface area (TPSA) is 67.8 Å². The third-order valence-electron chi connectivity index (χ3n) is 1.97. The van der Waals surface area contributed by atoms with Gasteiger partial charge in [-0.3, -0.25) is 4.79 Å². The number of methoxy groups -OCH3 is 1. The van der Waals surface area contributed by atoms with Crippen LogP contribution in [0.25, 0.3) is 0 Å². The minimum atomic E-state index is -0.886. The van der Waals surface area contributed by atoms with Gasteiger partial charge in [0.15, 0.2) is 0 Å². The maximum atomic E-state index is 11.0. The minimum Gasteiger partial charge on any atom is -0.386 e. The Morgan fingerprint density at radius 3 is 3.08 bits per heavy atom. The first-order chi connectivity index (χ1) is 6.16. The van der Waals surface area contributed by atoms with Gasteiger partial charge in [-0.25, -0.2) is 0 Å². The fourth-order valence-electron chi connectivity index (χ4n) is 1.18. The normalized spacial score (nSPS) is 27.5. The van der Waals surface area contributed by atoms with Gasteiger partial charge in [-0.2, -0.15) is 0 Å². The Kier molecular flexibility index (Phi) is 3.65. The number of ether oxygens (including phenoxy) is 2. The molecule has 2 N–H and O–H groups in total. The summed E-state index contributed by atoms with van der Waals surface area (Å²) in [6.07, 6.45) is 0.570. The van der Waals surface area contributed by atoms with Crippen molar-refractivity contribution in [2.75, 3.05) is 33.5 Å². The molecule has 0 aliphatic carbocycles. The molecule has 13 heavy (non-hydrogen) atoms. The smallest absolute Gasteiger partial charge is 0.246 e. The molecule has 1 atom stereocenters. The molecular weight excluding hydrogens is 174 g/mol. The SMILES string of the molecule is COCC(=O)NCC1(O)CCOC1. The summed E-state index contributed by atoms with van der Waals surface area (Å²) in [6.45, 7) is 1.10. The first kappa shape index (κ1) is 10.4. The van der Waals surface area contributed by atoms with Crippen LogP contribution in [0.2, 0.25) is 0 Å². The second-order valence-electron chi connectivity index (χ2n) is 3.24. The van der Waals surface area contributed by atoms with E-state index >= 15 is 0 Å². The van der Waals surface area contributed by atoms with E-state index in [4.69, 9.17) is 4.74 Å². The van der Waals surface area contributed by atoms with E-state index in [-0.39, 0.29) is 19.1 Å². The van der Waals surface area contributed by atoms with Crippen LogP contribution in [0.5, 0.6) is 0 Å². The van der Waals surface area contributed by atoms with E-state index in [2.05, 4.69) is 10.1 Å². The van der Waals surface area contributed by atoms with E-state index in [1.165, 1.54) is 7.11 Å². The summed E-state index contributed by atoms with van der Waals surface area (Å²) >= 11 is 0. The highest BCUT2D eigenvalue weighted by atomic mass is 16.5. The van der Waals surface area contributed by atoms with Crippen LogP contribution in [0.15, 0.2) is 0 Å². The molecule has 0 radical (unpaired) electrons.